The lowest BCUT2D eigenvalue weighted by molar-refractivity contribution is -0.149. The molecule has 1 aromatic heterocycles. The van der Waals surface area contributed by atoms with Crippen molar-refractivity contribution in [3.63, 3.8) is 0 Å². The second kappa shape index (κ2) is 13.3. The number of halogens is 1. The number of carbonyl (C=O) groups excluding carboxylic acids is 1. The zero-order chi connectivity index (χ0) is 27.0. The molecule has 8 heteroatoms. The van der Waals surface area contributed by atoms with Crippen LogP contribution in [0, 0.1) is 6.92 Å². The van der Waals surface area contributed by atoms with Crippen LogP contribution in [-0.2, 0) is 19.4 Å². The Morgan fingerprint density at radius 2 is 1.81 bits per heavy atom. The van der Waals surface area contributed by atoms with Gasteiger partial charge in [0.15, 0.2) is 15.9 Å². The van der Waals surface area contributed by atoms with Gasteiger partial charge < -0.3 is 14.9 Å². The molecule has 0 aliphatic rings. The Bertz CT molecular complexity index is 1260. The molecule has 0 radical (unpaired) electrons. The lowest BCUT2D eigenvalue weighted by atomic mass is 9.88. The van der Waals surface area contributed by atoms with Gasteiger partial charge in [0.25, 0.3) is 0 Å². The molecule has 3 aromatic rings. The Hall–Kier alpha value is -2.61. The summed E-state index contributed by atoms with van der Waals surface area (Å²) in [6.07, 6.45) is 4.14. The standard InChI is InChI=1S/C29H36ClNO5S/c1-4-7-21(5-2)22-9-14-25(20(3)18-22)26(31)15-16-29(32)36-28(27-8-6-17-35-27)19-37(33,34)24-12-10-23(30)11-13-24/h6,8-14,17-18,21,26,28H,4-5,7,15-16,19,31H2,1-3H3. The van der Waals surface area contributed by atoms with E-state index in [9.17, 15) is 13.2 Å². The predicted octanol–water partition coefficient (Wildman–Crippen LogP) is 7.07. The van der Waals surface area contributed by atoms with E-state index >= 15 is 0 Å². The molecule has 6 nitrogen and oxygen atoms in total. The monoisotopic (exact) mass is 545 g/mol. The summed E-state index contributed by atoms with van der Waals surface area (Å²) in [6.45, 7) is 6.45. The molecule has 200 valence electrons. The molecule has 0 aliphatic heterocycles. The van der Waals surface area contributed by atoms with E-state index in [0.717, 1.165) is 30.4 Å². The van der Waals surface area contributed by atoms with Crippen molar-refractivity contribution >= 4 is 27.4 Å². The maximum absolute atomic E-state index is 13.0. The van der Waals surface area contributed by atoms with Gasteiger partial charge in [0.2, 0.25) is 0 Å². The van der Waals surface area contributed by atoms with Gasteiger partial charge in [-0.25, -0.2) is 8.42 Å². The van der Waals surface area contributed by atoms with E-state index in [1.54, 1.807) is 12.1 Å². The first kappa shape index (κ1) is 29.0. The maximum Gasteiger partial charge on any atom is 0.306 e. The van der Waals surface area contributed by atoms with Crippen LogP contribution in [0.5, 0.6) is 0 Å². The van der Waals surface area contributed by atoms with Gasteiger partial charge in [-0.2, -0.15) is 0 Å². The third-order valence-corrected chi connectivity index (χ3v) is 8.62. The van der Waals surface area contributed by atoms with Gasteiger partial charge in [-0.05, 0) is 85.2 Å². The molecule has 3 atom stereocenters. The highest BCUT2D eigenvalue weighted by molar-refractivity contribution is 7.91. The molecule has 1 heterocycles. The van der Waals surface area contributed by atoms with Crippen molar-refractivity contribution in [2.75, 3.05) is 5.75 Å². The van der Waals surface area contributed by atoms with Crippen LogP contribution in [0.4, 0.5) is 0 Å². The highest BCUT2D eigenvalue weighted by Gasteiger charge is 2.28. The fourth-order valence-electron chi connectivity index (χ4n) is 4.56. The van der Waals surface area contributed by atoms with Gasteiger partial charge in [0, 0.05) is 17.5 Å². The Morgan fingerprint density at radius 1 is 1.08 bits per heavy atom. The van der Waals surface area contributed by atoms with Crippen LogP contribution >= 0.6 is 11.6 Å². The normalized spacial score (nSPS) is 14.2. The highest BCUT2D eigenvalue weighted by atomic mass is 35.5. The number of hydrogen-bond donors (Lipinski definition) is 1. The minimum absolute atomic E-state index is 0.0496. The summed E-state index contributed by atoms with van der Waals surface area (Å²) in [7, 11) is -3.77. The number of hydrogen-bond acceptors (Lipinski definition) is 6. The van der Waals surface area contributed by atoms with E-state index in [1.165, 1.54) is 36.1 Å². The predicted molar refractivity (Wildman–Crippen MR) is 146 cm³/mol. The number of sulfone groups is 1. The highest BCUT2D eigenvalue weighted by Crippen LogP contribution is 2.30. The van der Waals surface area contributed by atoms with Gasteiger partial charge in [-0.3, -0.25) is 4.79 Å². The Kier molecular flexibility index (Phi) is 10.4. The zero-order valence-corrected chi connectivity index (χ0v) is 23.2. The number of ether oxygens (including phenoxy) is 1. The van der Waals surface area contributed by atoms with E-state index in [4.69, 9.17) is 26.5 Å². The van der Waals surface area contributed by atoms with Gasteiger partial charge in [-0.1, -0.05) is 50.1 Å². The number of furan rings is 1. The van der Waals surface area contributed by atoms with Gasteiger partial charge in [0.1, 0.15) is 5.76 Å². The Labute approximate surface area is 225 Å². The van der Waals surface area contributed by atoms with E-state index in [0.29, 0.717) is 17.4 Å². The Balaban J connectivity index is 1.65. The van der Waals surface area contributed by atoms with E-state index < -0.39 is 27.7 Å². The number of nitrogens with two attached hydrogens (primary N) is 1. The van der Waals surface area contributed by atoms with E-state index in [2.05, 4.69) is 32.0 Å². The van der Waals surface area contributed by atoms with Crippen LogP contribution < -0.4 is 5.73 Å². The first-order valence-corrected chi connectivity index (χ1v) is 14.7. The molecule has 0 fully saturated rings. The summed E-state index contributed by atoms with van der Waals surface area (Å²) in [4.78, 5) is 12.9. The molecule has 0 saturated heterocycles. The molecule has 0 spiro atoms. The third kappa shape index (κ3) is 7.94. The molecular formula is C29H36ClNO5S. The lowest BCUT2D eigenvalue weighted by Gasteiger charge is -2.20. The smallest absolute Gasteiger partial charge is 0.306 e. The second-order valence-corrected chi connectivity index (χ2v) is 11.9. The SMILES string of the molecule is CCCC(CC)c1ccc(C(N)CCC(=O)OC(CS(=O)(=O)c2ccc(Cl)cc2)c2ccco2)c(C)c1. The lowest BCUT2D eigenvalue weighted by Crippen LogP contribution is -2.21. The summed E-state index contributed by atoms with van der Waals surface area (Å²) in [5.41, 5.74) is 9.87. The molecule has 3 unspecified atom stereocenters. The van der Waals surface area contributed by atoms with Crippen molar-refractivity contribution in [1.29, 1.82) is 0 Å². The van der Waals surface area contributed by atoms with Crippen molar-refractivity contribution in [2.45, 2.75) is 75.8 Å². The maximum atomic E-state index is 13.0. The number of aryl methyl sites for hydroxylation is 1. The summed E-state index contributed by atoms with van der Waals surface area (Å²) >= 11 is 5.88. The number of carbonyl (C=O) groups is 1. The summed E-state index contributed by atoms with van der Waals surface area (Å²) in [5, 5.41) is 0.431. The molecule has 0 amide bonds. The number of esters is 1. The molecule has 0 saturated carbocycles. The topological polar surface area (TPSA) is 99.6 Å². The zero-order valence-electron chi connectivity index (χ0n) is 21.7. The van der Waals surface area contributed by atoms with Crippen LogP contribution in [0.2, 0.25) is 5.02 Å². The first-order chi connectivity index (χ1) is 17.6. The molecular weight excluding hydrogens is 510 g/mol. The van der Waals surface area contributed by atoms with Crippen molar-refractivity contribution in [1.82, 2.24) is 0 Å². The van der Waals surface area contributed by atoms with Crippen molar-refractivity contribution < 1.29 is 22.4 Å². The van der Waals surface area contributed by atoms with Gasteiger partial charge >= 0.3 is 5.97 Å². The van der Waals surface area contributed by atoms with Crippen LogP contribution in [0.15, 0.2) is 70.2 Å². The average molecular weight is 546 g/mol. The first-order valence-electron chi connectivity index (χ1n) is 12.7. The second-order valence-electron chi connectivity index (χ2n) is 9.38. The molecule has 3 rings (SSSR count). The van der Waals surface area contributed by atoms with Crippen LogP contribution in [0.1, 0.15) is 86.5 Å². The summed E-state index contributed by atoms with van der Waals surface area (Å²) in [5.74, 6) is -0.186. The molecule has 0 aliphatic carbocycles. The van der Waals surface area contributed by atoms with Crippen LogP contribution in [0.3, 0.4) is 0 Å². The Morgan fingerprint density at radius 3 is 2.41 bits per heavy atom. The third-order valence-electron chi connectivity index (χ3n) is 6.63. The van der Waals surface area contributed by atoms with Gasteiger partial charge in [0.05, 0.1) is 16.9 Å². The van der Waals surface area contributed by atoms with Crippen molar-refractivity contribution in [3.8, 4) is 0 Å². The summed E-state index contributed by atoms with van der Waals surface area (Å²) in [6, 6.07) is 15.1. The van der Waals surface area contributed by atoms with Gasteiger partial charge in [-0.15, -0.1) is 0 Å². The fourth-order valence-corrected chi connectivity index (χ4v) is 6.06. The summed E-state index contributed by atoms with van der Waals surface area (Å²) < 4.78 is 36.9. The number of benzene rings is 2. The van der Waals surface area contributed by atoms with Crippen molar-refractivity contribution in [3.05, 3.63) is 88.3 Å². The minimum Gasteiger partial charge on any atom is -0.465 e. The molecule has 2 N–H and O–H groups in total. The number of rotatable bonds is 13. The van der Waals surface area contributed by atoms with E-state index in [1.807, 2.05) is 6.92 Å². The fraction of sp³-hybridized carbons (Fsp3) is 0.414. The largest absolute Gasteiger partial charge is 0.465 e. The minimum atomic E-state index is -3.77. The van der Waals surface area contributed by atoms with E-state index in [-0.39, 0.29) is 23.1 Å². The quantitative estimate of drug-likeness (QED) is 0.230. The molecule has 2 aromatic carbocycles. The van der Waals surface area contributed by atoms with Crippen molar-refractivity contribution in [2.24, 2.45) is 5.73 Å². The molecule has 0 bridgehead atoms. The van der Waals surface area contributed by atoms with Crippen LogP contribution in [-0.4, -0.2) is 20.1 Å². The molecule has 37 heavy (non-hydrogen) atoms. The van der Waals surface area contributed by atoms with Crippen LogP contribution in [0.25, 0.3) is 0 Å². The average Bonchev–Trinajstić information content (AvgIpc) is 3.41.